The van der Waals surface area contributed by atoms with Crippen molar-refractivity contribution in [1.82, 2.24) is 5.32 Å². The molecular formula is C14H23NO2. The molecule has 0 spiro atoms. The Bertz CT molecular complexity index is 339. The van der Waals surface area contributed by atoms with Gasteiger partial charge in [0.15, 0.2) is 0 Å². The van der Waals surface area contributed by atoms with Crippen molar-refractivity contribution >= 4 is 0 Å². The summed E-state index contributed by atoms with van der Waals surface area (Å²) in [5.74, 6) is 0.915. The van der Waals surface area contributed by atoms with Gasteiger partial charge >= 0.3 is 0 Å². The van der Waals surface area contributed by atoms with Gasteiger partial charge < -0.3 is 14.8 Å². The van der Waals surface area contributed by atoms with E-state index in [1.807, 2.05) is 13.1 Å². The largest absolute Gasteiger partial charge is 0.497 e. The Morgan fingerprint density at radius 3 is 2.59 bits per heavy atom. The fourth-order valence-corrected chi connectivity index (χ4v) is 2.05. The molecule has 0 aromatic heterocycles. The molecule has 0 amide bonds. The molecule has 1 rings (SSSR count). The van der Waals surface area contributed by atoms with Crippen molar-refractivity contribution in [2.24, 2.45) is 0 Å². The monoisotopic (exact) mass is 237 g/mol. The summed E-state index contributed by atoms with van der Waals surface area (Å²) in [6.45, 7) is 2.94. The lowest BCUT2D eigenvalue weighted by Gasteiger charge is -2.19. The minimum absolute atomic E-state index is 0.385. The molecule has 3 heteroatoms. The molecule has 3 nitrogen and oxygen atoms in total. The predicted molar refractivity (Wildman–Crippen MR) is 70.6 cm³/mol. The first-order valence-electron chi connectivity index (χ1n) is 6.03. The highest BCUT2D eigenvalue weighted by Gasteiger charge is 2.11. The van der Waals surface area contributed by atoms with Crippen LogP contribution in [0.4, 0.5) is 0 Å². The topological polar surface area (TPSA) is 30.5 Å². The highest BCUT2D eigenvalue weighted by molar-refractivity contribution is 5.36. The minimum Gasteiger partial charge on any atom is -0.497 e. The van der Waals surface area contributed by atoms with E-state index in [0.717, 1.165) is 25.2 Å². The second kappa shape index (κ2) is 7.30. The average Bonchev–Trinajstić information content (AvgIpc) is 2.35. The molecule has 0 aliphatic carbocycles. The Morgan fingerprint density at radius 1 is 1.29 bits per heavy atom. The second-order valence-corrected chi connectivity index (χ2v) is 4.20. The quantitative estimate of drug-likeness (QED) is 0.740. The van der Waals surface area contributed by atoms with E-state index < -0.39 is 0 Å². The highest BCUT2D eigenvalue weighted by Crippen LogP contribution is 2.25. The van der Waals surface area contributed by atoms with Crippen LogP contribution in [0.25, 0.3) is 0 Å². The number of rotatable bonds is 7. The molecule has 0 saturated heterocycles. The Balaban J connectivity index is 2.73. The summed E-state index contributed by atoms with van der Waals surface area (Å²) >= 11 is 0. The summed E-state index contributed by atoms with van der Waals surface area (Å²) in [6.07, 6.45) is 2.14. The average molecular weight is 237 g/mol. The number of hydrogen-bond acceptors (Lipinski definition) is 3. The molecule has 0 bridgehead atoms. The van der Waals surface area contributed by atoms with Crippen molar-refractivity contribution in [3.8, 4) is 5.75 Å². The lowest BCUT2D eigenvalue weighted by atomic mass is 9.97. The van der Waals surface area contributed by atoms with Crippen LogP contribution in [-0.2, 0) is 4.74 Å². The van der Waals surface area contributed by atoms with Crippen LogP contribution in [0.5, 0.6) is 5.75 Å². The third-order valence-electron chi connectivity index (χ3n) is 3.04. The molecule has 1 N–H and O–H groups in total. The zero-order valence-corrected chi connectivity index (χ0v) is 11.2. The first-order valence-corrected chi connectivity index (χ1v) is 6.03. The minimum atomic E-state index is 0.385. The van der Waals surface area contributed by atoms with Crippen LogP contribution in [0.1, 0.15) is 30.0 Å². The van der Waals surface area contributed by atoms with Crippen molar-refractivity contribution in [2.45, 2.75) is 25.8 Å². The third kappa shape index (κ3) is 4.02. The molecule has 1 aromatic rings. The van der Waals surface area contributed by atoms with Crippen LogP contribution in [0.15, 0.2) is 18.2 Å². The van der Waals surface area contributed by atoms with Gasteiger partial charge in [0.25, 0.3) is 0 Å². The summed E-state index contributed by atoms with van der Waals surface area (Å²) in [7, 11) is 5.44. The number of nitrogens with one attached hydrogen (secondary N) is 1. The molecule has 17 heavy (non-hydrogen) atoms. The van der Waals surface area contributed by atoms with Crippen LogP contribution in [-0.4, -0.2) is 27.9 Å². The van der Waals surface area contributed by atoms with E-state index >= 15 is 0 Å². The summed E-state index contributed by atoms with van der Waals surface area (Å²) in [4.78, 5) is 0. The van der Waals surface area contributed by atoms with E-state index in [9.17, 15) is 0 Å². The maximum atomic E-state index is 5.22. The van der Waals surface area contributed by atoms with Gasteiger partial charge in [-0.1, -0.05) is 6.07 Å². The lowest BCUT2D eigenvalue weighted by molar-refractivity contribution is 0.189. The number of methoxy groups -OCH3 is 2. The summed E-state index contributed by atoms with van der Waals surface area (Å²) in [5, 5.41) is 3.36. The number of hydrogen-bond donors (Lipinski definition) is 1. The van der Waals surface area contributed by atoms with Gasteiger partial charge in [-0.2, -0.15) is 0 Å². The van der Waals surface area contributed by atoms with Gasteiger partial charge in [-0.15, -0.1) is 0 Å². The van der Waals surface area contributed by atoms with E-state index in [2.05, 4.69) is 24.4 Å². The summed E-state index contributed by atoms with van der Waals surface area (Å²) in [5.41, 5.74) is 2.60. The van der Waals surface area contributed by atoms with E-state index in [-0.39, 0.29) is 0 Å². The lowest BCUT2D eigenvalue weighted by Crippen LogP contribution is -2.18. The van der Waals surface area contributed by atoms with Gasteiger partial charge in [0.2, 0.25) is 0 Å². The Kier molecular flexibility index (Phi) is 6.01. The Labute approximate surface area is 104 Å². The standard InChI is InChI=1S/C14H23NO2/c1-11-10-12(17-4)7-8-13(11)14(15-2)6-5-9-16-3/h7-8,10,14-15H,5-6,9H2,1-4H3. The van der Waals surface area contributed by atoms with Crippen molar-refractivity contribution in [3.63, 3.8) is 0 Å². The maximum Gasteiger partial charge on any atom is 0.119 e. The Morgan fingerprint density at radius 2 is 2.06 bits per heavy atom. The van der Waals surface area contributed by atoms with E-state index in [1.165, 1.54) is 11.1 Å². The highest BCUT2D eigenvalue weighted by atomic mass is 16.5. The maximum absolute atomic E-state index is 5.22. The van der Waals surface area contributed by atoms with Gasteiger partial charge in [-0.05, 0) is 50.1 Å². The van der Waals surface area contributed by atoms with Crippen molar-refractivity contribution in [2.75, 3.05) is 27.9 Å². The zero-order valence-electron chi connectivity index (χ0n) is 11.2. The van der Waals surface area contributed by atoms with Crippen molar-refractivity contribution in [3.05, 3.63) is 29.3 Å². The molecule has 0 saturated carbocycles. The van der Waals surface area contributed by atoms with Gasteiger partial charge in [0.1, 0.15) is 5.75 Å². The van der Waals surface area contributed by atoms with Gasteiger partial charge in [0, 0.05) is 19.8 Å². The normalized spacial score (nSPS) is 12.5. The smallest absolute Gasteiger partial charge is 0.119 e. The van der Waals surface area contributed by atoms with Crippen molar-refractivity contribution < 1.29 is 9.47 Å². The number of aryl methyl sites for hydroxylation is 1. The fourth-order valence-electron chi connectivity index (χ4n) is 2.05. The first-order chi connectivity index (χ1) is 8.22. The SMILES string of the molecule is CNC(CCCOC)c1ccc(OC)cc1C. The number of benzene rings is 1. The zero-order chi connectivity index (χ0) is 12.7. The summed E-state index contributed by atoms with van der Waals surface area (Å²) in [6, 6.07) is 6.62. The molecule has 0 radical (unpaired) electrons. The van der Waals surface area contributed by atoms with Gasteiger partial charge in [-0.25, -0.2) is 0 Å². The van der Waals surface area contributed by atoms with Crippen molar-refractivity contribution in [1.29, 1.82) is 0 Å². The van der Waals surface area contributed by atoms with E-state index in [1.54, 1.807) is 14.2 Å². The fraction of sp³-hybridized carbons (Fsp3) is 0.571. The van der Waals surface area contributed by atoms with Gasteiger partial charge in [-0.3, -0.25) is 0 Å². The molecule has 1 atom stereocenters. The number of ether oxygens (including phenoxy) is 2. The Hall–Kier alpha value is -1.06. The van der Waals surface area contributed by atoms with Crippen LogP contribution >= 0.6 is 0 Å². The van der Waals surface area contributed by atoms with E-state index in [0.29, 0.717) is 6.04 Å². The van der Waals surface area contributed by atoms with Gasteiger partial charge in [0.05, 0.1) is 7.11 Å². The molecule has 96 valence electrons. The predicted octanol–water partition coefficient (Wildman–Crippen LogP) is 2.69. The van der Waals surface area contributed by atoms with Crippen LogP contribution in [0, 0.1) is 6.92 Å². The molecule has 0 heterocycles. The molecule has 1 unspecified atom stereocenters. The molecule has 0 aliphatic heterocycles. The molecule has 1 aromatic carbocycles. The second-order valence-electron chi connectivity index (χ2n) is 4.20. The van der Waals surface area contributed by atoms with E-state index in [4.69, 9.17) is 9.47 Å². The van der Waals surface area contributed by atoms with Crippen LogP contribution < -0.4 is 10.1 Å². The molecule has 0 aliphatic rings. The van der Waals surface area contributed by atoms with Crippen LogP contribution in [0.2, 0.25) is 0 Å². The summed E-state index contributed by atoms with van der Waals surface area (Å²) < 4.78 is 10.3. The third-order valence-corrected chi connectivity index (χ3v) is 3.04. The molecule has 0 fully saturated rings. The first kappa shape index (κ1) is 14.0. The molecular weight excluding hydrogens is 214 g/mol. The van der Waals surface area contributed by atoms with Crippen LogP contribution in [0.3, 0.4) is 0 Å².